The molecule has 128 valence electrons. The molecule has 0 spiro atoms. The maximum atomic E-state index is 6.54. The molecule has 1 atom stereocenters. The molecule has 0 heterocycles. The van der Waals surface area contributed by atoms with Gasteiger partial charge in [-0.1, -0.05) is 55.7 Å². The molecule has 0 aromatic heterocycles. The summed E-state index contributed by atoms with van der Waals surface area (Å²) in [4.78, 5) is 0. The van der Waals surface area contributed by atoms with E-state index >= 15 is 0 Å². The van der Waals surface area contributed by atoms with Crippen molar-refractivity contribution in [2.75, 3.05) is 7.11 Å². The van der Waals surface area contributed by atoms with Crippen molar-refractivity contribution in [2.24, 2.45) is 11.7 Å². The fraction of sp³-hybridized carbons (Fsp3) is 0.429. The minimum atomic E-state index is 0.0790. The molecule has 3 nitrogen and oxygen atoms in total. The predicted molar refractivity (Wildman–Crippen MR) is 97.3 cm³/mol. The first-order chi connectivity index (χ1) is 11.8. The van der Waals surface area contributed by atoms with E-state index in [1.165, 1.54) is 32.1 Å². The van der Waals surface area contributed by atoms with Crippen LogP contribution in [0.4, 0.5) is 0 Å². The van der Waals surface area contributed by atoms with Gasteiger partial charge in [-0.05, 0) is 42.0 Å². The fourth-order valence-electron chi connectivity index (χ4n) is 3.51. The Kier molecular flexibility index (Phi) is 5.76. The lowest BCUT2D eigenvalue weighted by atomic mass is 9.81. The quantitative estimate of drug-likeness (QED) is 0.825. The van der Waals surface area contributed by atoms with Gasteiger partial charge >= 0.3 is 0 Å². The highest BCUT2D eigenvalue weighted by Crippen LogP contribution is 2.36. The molecule has 1 fully saturated rings. The molecular formula is C21H27NO2. The van der Waals surface area contributed by atoms with E-state index in [4.69, 9.17) is 15.2 Å². The SMILES string of the molecule is COc1ccc([C@@H](N)C2CCCCC2)cc1OCc1ccccc1. The first-order valence-corrected chi connectivity index (χ1v) is 8.88. The first-order valence-electron chi connectivity index (χ1n) is 8.88. The molecule has 3 rings (SSSR count). The summed E-state index contributed by atoms with van der Waals surface area (Å²) in [5.41, 5.74) is 8.83. The number of hydrogen-bond acceptors (Lipinski definition) is 3. The highest BCUT2D eigenvalue weighted by molar-refractivity contribution is 5.44. The van der Waals surface area contributed by atoms with Crippen LogP contribution in [0.25, 0.3) is 0 Å². The Morgan fingerprint density at radius 1 is 1.00 bits per heavy atom. The zero-order valence-corrected chi connectivity index (χ0v) is 14.4. The van der Waals surface area contributed by atoms with Crippen molar-refractivity contribution < 1.29 is 9.47 Å². The first kappa shape index (κ1) is 16.8. The maximum absolute atomic E-state index is 6.54. The van der Waals surface area contributed by atoms with Crippen LogP contribution in [0.15, 0.2) is 48.5 Å². The normalized spacial score (nSPS) is 16.6. The molecule has 2 aromatic rings. The average Bonchev–Trinajstić information content (AvgIpc) is 2.67. The molecule has 1 aliphatic rings. The topological polar surface area (TPSA) is 44.5 Å². The molecule has 24 heavy (non-hydrogen) atoms. The molecule has 0 aliphatic heterocycles. The Morgan fingerprint density at radius 2 is 1.75 bits per heavy atom. The van der Waals surface area contributed by atoms with Gasteiger partial charge in [0, 0.05) is 6.04 Å². The van der Waals surface area contributed by atoms with Gasteiger partial charge in [-0.15, -0.1) is 0 Å². The number of benzene rings is 2. The Hall–Kier alpha value is -2.00. The molecule has 3 heteroatoms. The largest absolute Gasteiger partial charge is 0.493 e. The number of hydrogen-bond donors (Lipinski definition) is 1. The van der Waals surface area contributed by atoms with Crippen LogP contribution in [-0.2, 0) is 6.61 Å². The average molecular weight is 325 g/mol. The molecule has 1 saturated carbocycles. The number of nitrogens with two attached hydrogens (primary N) is 1. The molecule has 1 aliphatic carbocycles. The van der Waals surface area contributed by atoms with Gasteiger partial charge in [-0.3, -0.25) is 0 Å². The van der Waals surface area contributed by atoms with Gasteiger partial charge in [0.05, 0.1) is 7.11 Å². The Bertz CT molecular complexity index is 636. The number of methoxy groups -OCH3 is 1. The van der Waals surface area contributed by atoms with Crippen molar-refractivity contribution in [1.29, 1.82) is 0 Å². The van der Waals surface area contributed by atoms with Gasteiger partial charge in [0.1, 0.15) is 6.61 Å². The summed E-state index contributed by atoms with van der Waals surface area (Å²) in [6.07, 6.45) is 6.40. The van der Waals surface area contributed by atoms with Crippen LogP contribution < -0.4 is 15.2 Å². The third-order valence-corrected chi connectivity index (χ3v) is 4.97. The van der Waals surface area contributed by atoms with Crippen LogP contribution in [0.1, 0.15) is 49.3 Å². The van der Waals surface area contributed by atoms with Gasteiger partial charge in [0.2, 0.25) is 0 Å². The van der Waals surface area contributed by atoms with E-state index < -0.39 is 0 Å². The summed E-state index contributed by atoms with van der Waals surface area (Å²) in [6, 6.07) is 16.3. The Balaban J connectivity index is 1.74. The van der Waals surface area contributed by atoms with Gasteiger partial charge < -0.3 is 15.2 Å². The van der Waals surface area contributed by atoms with Gasteiger partial charge in [0.15, 0.2) is 11.5 Å². The van der Waals surface area contributed by atoms with Gasteiger partial charge in [-0.25, -0.2) is 0 Å². The van der Waals surface area contributed by atoms with Crippen molar-refractivity contribution in [3.05, 3.63) is 59.7 Å². The third-order valence-electron chi connectivity index (χ3n) is 4.97. The molecule has 0 radical (unpaired) electrons. The summed E-state index contributed by atoms with van der Waals surface area (Å²) < 4.78 is 11.5. The number of rotatable bonds is 6. The van der Waals surface area contributed by atoms with Crippen LogP contribution >= 0.6 is 0 Å². The van der Waals surface area contributed by atoms with Crippen LogP contribution in [0.3, 0.4) is 0 Å². The summed E-state index contributed by atoms with van der Waals surface area (Å²) in [6.45, 7) is 0.527. The van der Waals surface area contributed by atoms with E-state index in [0.717, 1.165) is 22.6 Å². The Morgan fingerprint density at radius 3 is 2.46 bits per heavy atom. The van der Waals surface area contributed by atoms with Crippen molar-refractivity contribution in [1.82, 2.24) is 0 Å². The summed E-state index contributed by atoms with van der Waals surface area (Å²) >= 11 is 0. The monoisotopic (exact) mass is 325 g/mol. The van der Waals surface area contributed by atoms with E-state index in [-0.39, 0.29) is 6.04 Å². The van der Waals surface area contributed by atoms with Crippen molar-refractivity contribution in [3.63, 3.8) is 0 Å². The van der Waals surface area contributed by atoms with Crippen LogP contribution in [-0.4, -0.2) is 7.11 Å². The molecule has 0 amide bonds. The molecule has 2 aromatic carbocycles. The van der Waals surface area contributed by atoms with Gasteiger partial charge in [0.25, 0.3) is 0 Å². The van der Waals surface area contributed by atoms with E-state index in [9.17, 15) is 0 Å². The van der Waals surface area contributed by atoms with Crippen molar-refractivity contribution in [3.8, 4) is 11.5 Å². The second-order valence-electron chi connectivity index (χ2n) is 6.61. The molecular weight excluding hydrogens is 298 g/mol. The predicted octanol–water partition coefficient (Wildman–Crippen LogP) is 4.85. The van der Waals surface area contributed by atoms with Crippen LogP contribution in [0, 0.1) is 5.92 Å². The summed E-state index contributed by atoms with van der Waals surface area (Å²) in [7, 11) is 1.67. The third kappa shape index (κ3) is 4.09. The zero-order valence-electron chi connectivity index (χ0n) is 14.4. The second kappa shape index (κ2) is 8.20. The maximum Gasteiger partial charge on any atom is 0.161 e. The van der Waals surface area contributed by atoms with Crippen LogP contribution in [0.5, 0.6) is 11.5 Å². The molecule has 0 bridgehead atoms. The molecule has 2 N–H and O–H groups in total. The molecule has 0 saturated heterocycles. The van der Waals surface area contributed by atoms with E-state index in [2.05, 4.69) is 24.3 Å². The van der Waals surface area contributed by atoms with E-state index in [1.54, 1.807) is 7.11 Å². The second-order valence-corrected chi connectivity index (χ2v) is 6.61. The highest BCUT2D eigenvalue weighted by Gasteiger charge is 2.22. The minimum Gasteiger partial charge on any atom is -0.493 e. The minimum absolute atomic E-state index is 0.0790. The Labute approximate surface area is 144 Å². The lowest BCUT2D eigenvalue weighted by Gasteiger charge is -2.28. The van der Waals surface area contributed by atoms with Crippen LogP contribution in [0.2, 0.25) is 0 Å². The smallest absolute Gasteiger partial charge is 0.161 e. The lowest BCUT2D eigenvalue weighted by Crippen LogP contribution is -2.23. The lowest BCUT2D eigenvalue weighted by molar-refractivity contribution is 0.281. The highest BCUT2D eigenvalue weighted by atomic mass is 16.5. The van der Waals surface area contributed by atoms with E-state index in [0.29, 0.717) is 12.5 Å². The molecule has 0 unspecified atom stereocenters. The van der Waals surface area contributed by atoms with Gasteiger partial charge in [-0.2, -0.15) is 0 Å². The standard InChI is InChI=1S/C21H27NO2/c1-23-19-13-12-18(21(22)17-10-6-3-7-11-17)14-20(19)24-15-16-8-4-2-5-9-16/h2,4-5,8-9,12-14,17,21H,3,6-7,10-11,15,22H2,1H3/t21-/m0/s1. The van der Waals surface area contributed by atoms with E-state index in [1.807, 2.05) is 24.3 Å². The zero-order chi connectivity index (χ0) is 16.8. The van der Waals surface area contributed by atoms with Crippen molar-refractivity contribution in [2.45, 2.75) is 44.8 Å². The number of ether oxygens (including phenoxy) is 2. The summed E-state index contributed by atoms with van der Waals surface area (Å²) in [5.74, 6) is 2.10. The van der Waals surface area contributed by atoms with Crippen molar-refractivity contribution >= 4 is 0 Å². The summed E-state index contributed by atoms with van der Waals surface area (Å²) in [5, 5.41) is 0. The fourth-order valence-corrected chi connectivity index (χ4v) is 3.51.